The molecule has 2 heterocycles. The summed E-state index contributed by atoms with van der Waals surface area (Å²) in [6, 6.07) is 2.47. The van der Waals surface area contributed by atoms with Crippen LogP contribution in [0.4, 0.5) is 13.2 Å². The van der Waals surface area contributed by atoms with Gasteiger partial charge in [0.15, 0.2) is 5.69 Å². The number of halogens is 4. The van der Waals surface area contributed by atoms with Crippen molar-refractivity contribution in [1.29, 1.82) is 0 Å². The number of nitrogens with zero attached hydrogens (tertiary/aromatic N) is 2. The molecule has 5 nitrogen and oxygen atoms in total. The molecule has 1 atom stereocenters. The van der Waals surface area contributed by atoms with Crippen molar-refractivity contribution >= 4 is 21.8 Å². The summed E-state index contributed by atoms with van der Waals surface area (Å²) < 4.78 is 44.4. The molecule has 9 heteroatoms. The van der Waals surface area contributed by atoms with Gasteiger partial charge >= 0.3 is 6.18 Å². The summed E-state index contributed by atoms with van der Waals surface area (Å²) in [5.74, 6) is 0.0955. The Morgan fingerprint density at radius 3 is 2.73 bits per heavy atom. The number of aromatic nitrogens is 2. The molecule has 0 aliphatic carbocycles. The summed E-state index contributed by atoms with van der Waals surface area (Å²) in [6.07, 6.45) is -3.12. The molecule has 1 amide bonds. The van der Waals surface area contributed by atoms with Gasteiger partial charge in [-0.05, 0) is 41.9 Å². The lowest BCUT2D eigenvalue weighted by Crippen LogP contribution is -2.31. The molecule has 0 spiro atoms. The standard InChI is InChI=1S/C13H13BrF3N3O2/c1-7-10(14)11(13(15,16)17)19-20(7)8(2)12(21)18-6-9-4-3-5-22-9/h3-5,8H,6H2,1-2H3,(H,18,21). The van der Waals surface area contributed by atoms with Gasteiger partial charge in [0.2, 0.25) is 5.91 Å². The Labute approximate surface area is 132 Å². The number of rotatable bonds is 4. The number of carbonyl (C=O) groups excluding carboxylic acids is 1. The van der Waals surface area contributed by atoms with Gasteiger partial charge in [0.1, 0.15) is 11.8 Å². The van der Waals surface area contributed by atoms with Crippen LogP contribution in [0.2, 0.25) is 0 Å². The van der Waals surface area contributed by atoms with Gasteiger partial charge in [-0.15, -0.1) is 0 Å². The van der Waals surface area contributed by atoms with Gasteiger partial charge in [0.25, 0.3) is 0 Å². The van der Waals surface area contributed by atoms with Crippen molar-refractivity contribution in [2.45, 2.75) is 32.6 Å². The number of carbonyl (C=O) groups is 1. The van der Waals surface area contributed by atoms with Crippen LogP contribution >= 0.6 is 15.9 Å². The Balaban J connectivity index is 2.15. The fraction of sp³-hybridized carbons (Fsp3) is 0.385. The zero-order valence-corrected chi connectivity index (χ0v) is 13.3. The molecule has 2 aromatic rings. The zero-order chi connectivity index (χ0) is 16.5. The third kappa shape index (κ3) is 3.34. The van der Waals surface area contributed by atoms with Gasteiger partial charge in [-0.3, -0.25) is 9.48 Å². The first kappa shape index (κ1) is 16.6. The van der Waals surface area contributed by atoms with E-state index in [1.54, 1.807) is 12.1 Å². The van der Waals surface area contributed by atoms with E-state index in [0.29, 0.717) is 5.76 Å². The van der Waals surface area contributed by atoms with Crippen LogP contribution in [0.1, 0.15) is 30.1 Å². The normalized spacial score (nSPS) is 13.2. The minimum absolute atomic E-state index is 0.157. The molecule has 1 N–H and O–H groups in total. The average Bonchev–Trinajstić information content (AvgIpc) is 3.04. The van der Waals surface area contributed by atoms with Gasteiger partial charge in [0, 0.05) is 0 Å². The van der Waals surface area contributed by atoms with Gasteiger partial charge in [-0.2, -0.15) is 18.3 Å². The minimum Gasteiger partial charge on any atom is -0.467 e. The maximum absolute atomic E-state index is 12.8. The largest absolute Gasteiger partial charge is 0.467 e. The molecule has 0 bridgehead atoms. The summed E-state index contributed by atoms with van der Waals surface area (Å²) in [4.78, 5) is 12.1. The molecular formula is C13H13BrF3N3O2. The van der Waals surface area contributed by atoms with Crippen LogP contribution in [0, 0.1) is 6.92 Å². The Bertz CT molecular complexity index is 665. The number of furan rings is 1. The fourth-order valence-electron chi connectivity index (χ4n) is 1.90. The highest BCUT2D eigenvalue weighted by Crippen LogP contribution is 2.36. The van der Waals surface area contributed by atoms with Crippen LogP contribution in [-0.4, -0.2) is 15.7 Å². The lowest BCUT2D eigenvalue weighted by atomic mass is 10.3. The lowest BCUT2D eigenvalue weighted by molar-refractivity contribution is -0.142. The Hall–Kier alpha value is -1.77. The number of hydrogen-bond acceptors (Lipinski definition) is 3. The molecule has 120 valence electrons. The summed E-state index contributed by atoms with van der Waals surface area (Å²) in [7, 11) is 0. The van der Waals surface area contributed by atoms with E-state index in [1.807, 2.05) is 0 Å². The van der Waals surface area contributed by atoms with Crippen molar-refractivity contribution in [2.24, 2.45) is 0 Å². The minimum atomic E-state index is -4.58. The Morgan fingerprint density at radius 1 is 1.55 bits per heavy atom. The smallest absolute Gasteiger partial charge is 0.436 e. The number of amides is 1. The van der Waals surface area contributed by atoms with Gasteiger partial charge < -0.3 is 9.73 Å². The predicted octanol–water partition coefficient (Wildman–Crippen LogP) is 3.44. The second kappa shape index (κ2) is 6.15. The van der Waals surface area contributed by atoms with Crippen molar-refractivity contribution in [3.8, 4) is 0 Å². The van der Waals surface area contributed by atoms with E-state index in [1.165, 1.54) is 20.1 Å². The second-order valence-electron chi connectivity index (χ2n) is 4.66. The first-order chi connectivity index (χ1) is 10.2. The molecule has 22 heavy (non-hydrogen) atoms. The van der Waals surface area contributed by atoms with E-state index in [-0.39, 0.29) is 16.7 Å². The molecule has 0 fully saturated rings. The summed E-state index contributed by atoms with van der Waals surface area (Å²) in [5.41, 5.74) is -0.816. The molecule has 0 saturated heterocycles. The third-order valence-electron chi connectivity index (χ3n) is 3.11. The van der Waals surface area contributed by atoms with Crippen LogP contribution in [0.3, 0.4) is 0 Å². The zero-order valence-electron chi connectivity index (χ0n) is 11.7. The van der Waals surface area contributed by atoms with Crippen LogP contribution < -0.4 is 5.32 Å². The molecule has 0 aromatic carbocycles. The quantitative estimate of drug-likeness (QED) is 0.884. The van der Waals surface area contributed by atoms with Crippen molar-refractivity contribution < 1.29 is 22.4 Å². The maximum atomic E-state index is 12.8. The molecule has 0 aliphatic rings. The van der Waals surface area contributed by atoms with Crippen molar-refractivity contribution in [3.63, 3.8) is 0 Å². The van der Waals surface area contributed by atoms with Crippen molar-refractivity contribution in [1.82, 2.24) is 15.1 Å². The molecular weight excluding hydrogens is 367 g/mol. The Kier molecular flexibility index (Phi) is 4.64. The molecule has 0 saturated carbocycles. The SMILES string of the molecule is Cc1c(Br)c(C(F)(F)F)nn1C(C)C(=O)NCc1ccco1. The third-order valence-corrected chi connectivity index (χ3v) is 4.06. The highest BCUT2D eigenvalue weighted by atomic mass is 79.9. The number of hydrogen-bond donors (Lipinski definition) is 1. The van der Waals surface area contributed by atoms with E-state index in [4.69, 9.17) is 4.42 Å². The molecule has 0 radical (unpaired) electrons. The fourth-order valence-corrected chi connectivity index (χ4v) is 2.39. The summed E-state index contributed by atoms with van der Waals surface area (Å²) in [5, 5.41) is 6.10. The van der Waals surface area contributed by atoms with Gasteiger partial charge in [-0.1, -0.05) is 0 Å². The first-order valence-electron chi connectivity index (χ1n) is 6.33. The number of alkyl halides is 3. The average molecular weight is 380 g/mol. The predicted molar refractivity (Wildman–Crippen MR) is 74.9 cm³/mol. The lowest BCUT2D eigenvalue weighted by Gasteiger charge is -2.14. The summed E-state index contributed by atoms with van der Waals surface area (Å²) in [6.45, 7) is 3.09. The topological polar surface area (TPSA) is 60.1 Å². The molecule has 2 aromatic heterocycles. The molecule has 1 unspecified atom stereocenters. The van der Waals surface area contributed by atoms with E-state index in [2.05, 4.69) is 26.3 Å². The highest BCUT2D eigenvalue weighted by Gasteiger charge is 2.38. The van der Waals surface area contributed by atoms with E-state index in [9.17, 15) is 18.0 Å². The van der Waals surface area contributed by atoms with Crippen LogP contribution in [-0.2, 0) is 17.5 Å². The van der Waals surface area contributed by atoms with Crippen molar-refractivity contribution in [2.75, 3.05) is 0 Å². The van der Waals surface area contributed by atoms with E-state index < -0.39 is 23.8 Å². The maximum Gasteiger partial charge on any atom is 0.436 e. The highest BCUT2D eigenvalue weighted by molar-refractivity contribution is 9.10. The summed E-state index contributed by atoms with van der Waals surface area (Å²) >= 11 is 2.87. The first-order valence-corrected chi connectivity index (χ1v) is 7.13. The Morgan fingerprint density at radius 2 is 2.23 bits per heavy atom. The van der Waals surface area contributed by atoms with E-state index >= 15 is 0 Å². The van der Waals surface area contributed by atoms with E-state index in [0.717, 1.165) is 4.68 Å². The van der Waals surface area contributed by atoms with Crippen LogP contribution in [0.15, 0.2) is 27.3 Å². The second-order valence-corrected chi connectivity index (χ2v) is 5.46. The van der Waals surface area contributed by atoms with Crippen molar-refractivity contribution in [3.05, 3.63) is 40.0 Å². The van der Waals surface area contributed by atoms with Gasteiger partial charge in [-0.25, -0.2) is 0 Å². The van der Waals surface area contributed by atoms with Crippen LogP contribution in [0.5, 0.6) is 0 Å². The number of nitrogens with one attached hydrogen (secondary N) is 1. The van der Waals surface area contributed by atoms with Gasteiger partial charge in [0.05, 0.1) is 23.0 Å². The molecule has 0 aliphatic heterocycles. The monoisotopic (exact) mass is 379 g/mol. The van der Waals surface area contributed by atoms with Crippen LogP contribution in [0.25, 0.3) is 0 Å². The molecule has 2 rings (SSSR count).